The number of rotatable bonds is 3. The first-order chi connectivity index (χ1) is 8.95. The predicted octanol–water partition coefficient (Wildman–Crippen LogP) is 1.57. The Morgan fingerprint density at radius 3 is 2.74 bits per heavy atom. The summed E-state index contributed by atoms with van der Waals surface area (Å²) in [6.45, 7) is -0.127. The summed E-state index contributed by atoms with van der Waals surface area (Å²) in [6.07, 6.45) is -0.359. The normalized spacial score (nSPS) is 23.4. The van der Waals surface area contributed by atoms with Crippen molar-refractivity contribution >= 4 is 11.8 Å². The molecule has 1 aliphatic rings. The summed E-state index contributed by atoms with van der Waals surface area (Å²) >= 11 is 0. The highest BCUT2D eigenvalue weighted by molar-refractivity contribution is 6.04. The second kappa shape index (κ2) is 5.05. The number of ether oxygens (including phenoxy) is 1. The van der Waals surface area contributed by atoms with E-state index in [4.69, 9.17) is 4.74 Å². The minimum absolute atomic E-state index is 0.0114. The molecule has 1 saturated heterocycles. The third-order valence-electron chi connectivity index (χ3n) is 3.27. The van der Waals surface area contributed by atoms with Crippen LogP contribution in [0.25, 0.3) is 0 Å². The molecule has 1 aromatic rings. The number of ketones is 1. The van der Waals surface area contributed by atoms with Crippen LogP contribution in [0.15, 0.2) is 18.2 Å². The summed E-state index contributed by atoms with van der Waals surface area (Å²) in [5, 5.41) is 9.27. The first kappa shape index (κ1) is 13.6. The van der Waals surface area contributed by atoms with Crippen LogP contribution in [0.4, 0.5) is 8.78 Å². The van der Waals surface area contributed by atoms with E-state index >= 15 is 0 Å². The topological polar surface area (TPSA) is 63.6 Å². The number of benzene rings is 1. The molecule has 1 atom stereocenters. The molecule has 1 aliphatic heterocycles. The van der Waals surface area contributed by atoms with Crippen LogP contribution >= 0.6 is 0 Å². The highest BCUT2D eigenvalue weighted by Crippen LogP contribution is 2.31. The molecular formula is C13H12F2O4. The van der Waals surface area contributed by atoms with Gasteiger partial charge in [0.05, 0.1) is 13.2 Å². The molecule has 19 heavy (non-hydrogen) atoms. The van der Waals surface area contributed by atoms with E-state index in [0.717, 1.165) is 12.1 Å². The van der Waals surface area contributed by atoms with Crippen molar-refractivity contribution in [2.45, 2.75) is 12.8 Å². The molecule has 0 amide bonds. The second-order valence-electron chi connectivity index (χ2n) is 4.53. The van der Waals surface area contributed by atoms with Crippen molar-refractivity contribution < 1.29 is 28.2 Å². The van der Waals surface area contributed by atoms with Gasteiger partial charge in [-0.2, -0.15) is 0 Å². The summed E-state index contributed by atoms with van der Waals surface area (Å²) in [4.78, 5) is 23.3. The molecule has 102 valence electrons. The van der Waals surface area contributed by atoms with Crippen LogP contribution < -0.4 is 0 Å². The smallest absolute Gasteiger partial charge is 0.319 e. The molecule has 4 nitrogen and oxygen atoms in total. The molecule has 1 heterocycles. The number of hydrogen-bond acceptors (Lipinski definition) is 3. The molecule has 1 unspecified atom stereocenters. The Labute approximate surface area is 108 Å². The molecule has 0 aromatic heterocycles. The van der Waals surface area contributed by atoms with Gasteiger partial charge < -0.3 is 9.84 Å². The molecule has 0 aliphatic carbocycles. The molecule has 1 fully saturated rings. The monoisotopic (exact) mass is 270 g/mol. The van der Waals surface area contributed by atoms with Crippen LogP contribution in [0.1, 0.15) is 12.0 Å². The van der Waals surface area contributed by atoms with Crippen molar-refractivity contribution in [3.05, 3.63) is 35.4 Å². The van der Waals surface area contributed by atoms with Crippen molar-refractivity contribution in [1.29, 1.82) is 0 Å². The summed E-state index contributed by atoms with van der Waals surface area (Å²) < 4.78 is 31.4. The highest BCUT2D eigenvalue weighted by Gasteiger charge is 2.48. The van der Waals surface area contributed by atoms with Gasteiger partial charge in [-0.25, -0.2) is 8.78 Å². The average Bonchev–Trinajstić information content (AvgIpc) is 2.35. The maximum absolute atomic E-state index is 13.6. The van der Waals surface area contributed by atoms with Gasteiger partial charge in [0.1, 0.15) is 11.6 Å². The van der Waals surface area contributed by atoms with Gasteiger partial charge in [0.25, 0.3) is 0 Å². The number of halogens is 2. The van der Waals surface area contributed by atoms with E-state index in [-0.39, 0.29) is 31.6 Å². The lowest BCUT2D eigenvalue weighted by atomic mass is 9.76. The zero-order valence-electron chi connectivity index (χ0n) is 9.99. The maximum atomic E-state index is 13.6. The van der Waals surface area contributed by atoms with Crippen molar-refractivity contribution in [2.24, 2.45) is 5.41 Å². The predicted molar refractivity (Wildman–Crippen MR) is 60.6 cm³/mol. The van der Waals surface area contributed by atoms with Crippen LogP contribution in [0.2, 0.25) is 0 Å². The Bertz CT molecular complexity index is 529. The summed E-state index contributed by atoms with van der Waals surface area (Å²) in [5.41, 5.74) is -1.79. The van der Waals surface area contributed by atoms with E-state index < -0.39 is 28.8 Å². The van der Waals surface area contributed by atoms with E-state index in [2.05, 4.69) is 0 Å². The lowest BCUT2D eigenvalue weighted by Gasteiger charge is -2.31. The minimum Gasteiger partial charge on any atom is -0.480 e. The maximum Gasteiger partial charge on any atom is 0.319 e. The second-order valence-corrected chi connectivity index (χ2v) is 4.53. The van der Waals surface area contributed by atoms with Gasteiger partial charge in [-0.05, 0) is 11.6 Å². The number of Topliss-reactive ketones (excluding diaryl/α,β-unsaturated/α-hetero) is 1. The molecule has 0 radical (unpaired) electrons. The van der Waals surface area contributed by atoms with Crippen LogP contribution in [0, 0.1) is 17.0 Å². The number of hydrogen-bond donors (Lipinski definition) is 1. The Hall–Kier alpha value is -1.82. The van der Waals surface area contributed by atoms with Crippen molar-refractivity contribution in [2.75, 3.05) is 13.2 Å². The van der Waals surface area contributed by atoms with Crippen molar-refractivity contribution in [3.63, 3.8) is 0 Å². The Morgan fingerprint density at radius 2 is 2.16 bits per heavy atom. The number of carboxylic acids is 1. The number of aliphatic carboxylic acids is 1. The SMILES string of the molecule is O=C(O)C1(Cc2ccc(F)cc2F)COCCC1=O. The zero-order chi connectivity index (χ0) is 14.0. The minimum atomic E-state index is -1.78. The van der Waals surface area contributed by atoms with Gasteiger partial charge in [-0.1, -0.05) is 6.07 Å². The summed E-state index contributed by atoms with van der Waals surface area (Å²) in [6, 6.07) is 2.85. The molecule has 6 heteroatoms. The lowest BCUT2D eigenvalue weighted by Crippen LogP contribution is -2.48. The quantitative estimate of drug-likeness (QED) is 0.847. The number of carbonyl (C=O) groups is 2. The Kier molecular flexibility index (Phi) is 3.61. The van der Waals surface area contributed by atoms with Crippen LogP contribution in [-0.4, -0.2) is 30.1 Å². The first-order valence-corrected chi connectivity index (χ1v) is 5.74. The van der Waals surface area contributed by atoms with Gasteiger partial charge in [0.15, 0.2) is 11.2 Å². The Morgan fingerprint density at radius 1 is 1.42 bits per heavy atom. The van der Waals surface area contributed by atoms with E-state index in [1.807, 2.05) is 0 Å². The average molecular weight is 270 g/mol. The molecular weight excluding hydrogens is 258 g/mol. The molecule has 0 spiro atoms. The standard InChI is InChI=1S/C13H12F2O4/c14-9-2-1-8(10(15)5-9)6-13(12(17)18)7-19-4-3-11(13)16/h1-2,5H,3-4,6-7H2,(H,17,18). The van der Waals surface area contributed by atoms with Crippen LogP contribution in [0.3, 0.4) is 0 Å². The van der Waals surface area contributed by atoms with E-state index in [1.165, 1.54) is 0 Å². The Balaban J connectivity index is 2.36. The van der Waals surface area contributed by atoms with E-state index in [9.17, 15) is 23.5 Å². The lowest BCUT2D eigenvalue weighted by molar-refractivity contribution is -0.164. The van der Waals surface area contributed by atoms with Crippen molar-refractivity contribution in [3.8, 4) is 0 Å². The zero-order valence-corrected chi connectivity index (χ0v) is 9.99. The molecule has 0 saturated carbocycles. The van der Waals surface area contributed by atoms with Gasteiger partial charge >= 0.3 is 5.97 Å². The number of carboxylic acid groups (broad SMARTS) is 1. The largest absolute Gasteiger partial charge is 0.480 e. The third kappa shape index (κ3) is 2.49. The fraction of sp³-hybridized carbons (Fsp3) is 0.385. The third-order valence-corrected chi connectivity index (χ3v) is 3.27. The molecule has 1 aromatic carbocycles. The molecule has 1 N–H and O–H groups in total. The van der Waals surface area contributed by atoms with Gasteiger partial charge in [0.2, 0.25) is 0 Å². The van der Waals surface area contributed by atoms with Gasteiger partial charge in [0, 0.05) is 18.9 Å². The summed E-state index contributed by atoms with van der Waals surface area (Å²) in [5.74, 6) is -3.45. The fourth-order valence-electron chi connectivity index (χ4n) is 2.13. The van der Waals surface area contributed by atoms with Gasteiger partial charge in [-0.15, -0.1) is 0 Å². The number of carbonyl (C=O) groups excluding carboxylic acids is 1. The van der Waals surface area contributed by atoms with Crippen LogP contribution in [-0.2, 0) is 20.7 Å². The summed E-state index contributed by atoms with van der Waals surface area (Å²) in [7, 11) is 0. The molecule has 2 rings (SSSR count). The van der Waals surface area contributed by atoms with E-state index in [0.29, 0.717) is 6.07 Å². The van der Waals surface area contributed by atoms with Gasteiger partial charge in [-0.3, -0.25) is 9.59 Å². The highest BCUT2D eigenvalue weighted by atomic mass is 19.1. The molecule has 0 bridgehead atoms. The van der Waals surface area contributed by atoms with Crippen LogP contribution in [0.5, 0.6) is 0 Å². The van der Waals surface area contributed by atoms with Crippen molar-refractivity contribution in [1.82, 2.24) is 0 Å². The first-order valence-electron chi connectivity index (χ1n) is 5.74. The fourth-order valence-corrected chi connectivity index (χ4v) is 2.13. The van der Waals surface area contributed by atoms with E-state index in [1.54, 1.807) is 0 Å².